The highest BCUT2D eigenvalue weighted by atomic mass is 32.1. The number of piperazine rings is 1. The Morgan fingerprint density at radius 2 is 1.88 bits per heavy atom. The van der Waals surface area contributed by atoms with Crippen molar-refractivity contribution in [3.8, 4) is 17.6 Å². The van der Waals surface area contributed by atoms with E-state index in [2.05, 4.69) is 11.0 Å². The van der Waals surface area contributed by atoms with E-state index in [0.29, 0.717) is 43.2 Å². The Morgan fingerprint density at radius 1 is 1.15 bits per heavy atom. The Hall–Kier alpha value is -2.56. The number of carbonyl (C=O) groups is 1. The molecule has 0 bridgehead atoms. The maximum absolute atomic E-state index is 12.8. The Morgan fingerprint density at radius 3 is 2.46 bits per heavy atom. The molecule has 0 spiro atoms. The van der Waals surface area contributed by atoms with Crippen molar-refractivity contribution in [2.24, 2.45) is 0 Å². The van der Waals surface area contributed by atoms with Crippen LogP contribution < -0.4 is 9.47 Å². The fourth-order valence-corrected chi connectivity index (χ4v) is 3.91. The lowest BCUT2D eigenvalue weighted by molar-refractivity contribution is 0.0607. The summed E-state index contributed by atoms with van der Waals surface area (Å²) in [6.07, 6.45) is 0. The van der Waals surface area contributed by atoms with Gasteiger partial charge in [0.25, 0.3) is 5.91 Å². The minimum Gasteiger partial charge on any atom is -0.493 e. The van der Waals surface area contributed by atoms with Crippen molar-refractivity contribution in [2.45, 2.75) is 6.04 Å². The number of nitriles is 1. The topological polar surface area (TPSA) is 65.8 Å². The molecule has 0 N–H and O–H groups in total. The van der Waals surface area contributed by atoms with E-state index in [9.17, 15) is 10.1 Å². The van der Waals surface area contributed by atoms with Gasteiger partial charge < -0.3 is 14.4 Å². The lowest BCUT2D eigenvalue weighted by atomic mass is 10.1. The molecule has 2 heterocycles. The standard InChI is InChI=1S/C19H21N3O3S/c1-24-16-6-5-14(12-17(16)25-2)19(23)22-9-7-21(8-10-22)15(13-20)18-4-3-11-26-18/h3-6,11-12,15H,7-10H2,1-2H3. The number of hydrogen-bond donors (Lipinski definition) is 0. The number of benzene rings is 1. The maximum atomic E-state index is 12.8. The van der Waals surface area contributed by atoms with Crippen LogP contribution in [0.5, 0.6) is 11.5 Å². The largest absolute Gasteiger partial charge is 0.493 e. The summed E-state index contributed by atoms with van der Waals surface area (Å²) in [7, 11) is 3.12. The van der Waals surface area contributed by atoms with Gasteiger partial charge in [-0.25, -0.2) is 0 Å². The molecule has 0 saturated carbocycles. The molecule has 1 aliphatic rings. The first-order valence-corrected chi connectivity index (χ1v) is 9.24. The van der Waals surface area contributed by atoms with Crippen LogP contribution in [0.4, 0.5) is 0 Å². The van der Waals surface area contributed by atoms with E-state index >= 15 is 0 Å². The van der Waals surface area contributed by atoms with Crippen LogP contribution in [0.1, 0.15) is 21.3 Å². The molecular formula is C19H21N3O3S. The zero-order chi connectivity index (χ0) is 18.5. The molecule has 7 heteroatoms. The van der Waals surface area contributed by atoms with Crippen LogP contribution in [0.2, 0.25) is 0 Å². The molecule has 1 aliphatic heterocycles. The van der Waals surface area contributed by atoms with Crippen molar-refractivity contribution in [3.05, 3.63) is 46.2 Å². The summed E-state index contributed by atoms with van der Waals surface area (Å²) in [4.78, 5) is 17.8. The van der Waals surface area contributed by atoms with Gasteiger partial charge >= 0.3 is 0 Å². The normalized spacial score (nSPS) is 16.0. The minimum absolute atomic E-state index is 0.0322. The number of rotatable bonds is 5. The molecule has 0 aliphatic carbocycles. The zero-order valence-electron chi connectivity index (χ0n) is 14.8. The first-order valence-electron chi connectivity index (χ1n) is 8.36. The summed E-state index contributed by atoms with van der Waals surface area (Å²) < 4.78 is 10.5. The lowest BCUT2D eigenvalue weighted by Gasteiger charge is -2.36. The van der Waals surface area contributed by atoms with Crippen LogP contribution in [0.25, 0.3) is 0 Å². The molecule has 1 atom stereocenters. The number of amides is 1. The smallest absolute Gasteiger partial charge is 0.254 e. The van der Waals surface area contributed by atoms with Gasteiger partial charge in [-0.15, -0.1) is 11.3 Å². The van der Waals surface area contributed by atoms with E-state index in [1.54, 1.807) is 43.8 Å². The summed E-state index contributed by atoms with van der Waals surface area (Å²) >= 11 is 1.59. The van der Waals surface area contributed by atoms with E-state index in [1.807, 2.05) is 22.4 Å². The van der Waals surface area contributed by atoms with E-state index in [0.717, 1.165) is 4.88 Å². The molecule has 26 heavy (non-hydrogen) atoms. The lowest BCUT2D eigenvalue weighted by Crippen LogP contribution is -2.49. The number of thiophene rings is 1. The number of methoxy groups -OCH3 is 2. The highest BCUT2D eigenvalue weighted by Crippen LogP contribution is 2.29. The number of hydrogen-bond acceptors (Lipinski definition) is 6. The van der Waals surface area contributed by atoms with Crippen LogP contribution in [-0.4, -0.2) is 56.1 Å². The van der Waals surface area contributed by atoms with Gasteiger partial charge in [0, 0.05) is 36.6 Å². The fraction of sp³-hybridized carbons (Fsp3) is 0.368. The predicted molar refractivity (Wildman–Crippen MR) is 99.7 cm³/mol. The van der Waals surface area contributed by atoms with Gasteiger partial charge in [-0.3, -0.25) is 9.69 Å². The second-order valence-corrected chi connectivity index (χ2v) is 6.92. The zero-order valence-corrected chi connectivity index (χ0v) is 15.7. The average molecular weight is 371 g/mol. The van der Waals surface area contributed by atoms with Crippen LogP contribution in [-0.2, 0) is 0 Å². The number of ether oxygens (including phenoxy) is 2. The second-order valence-electron chi connectivity index (χ2n) is 5.94. The number of carbonyl (C=O) groups excluding carboxylic acids is 1. The molecule has 1 fully saturated rings. The molecule has 1 saturated heterocycles. The highest BCUT2D eigenvalue weighted by molar-refractivity contribution is 7.10. The molecule has 0 radical (unpaired) electrons. The molecule has 1 amide bonds. The Labute approximate surface area is 157 Å². The average Bonchev–Trinajstić information content (AvgIpc) is 3.22. The first-order chi connectivity index (χ1) is 12.7. The van der Waals surface area contributed by atoms with E-state index < -0.39 is 0 Å². The molecule has 2 aromatic rings. The third-order valence-electron chi connectivity index (χ3n) is 4.53. The van der Waals surface area contributed by atoms with Gasteiger partial charge in [0.15, 0.2) is 11.5 Å². The van der Waals surface area contributed by atoms with E-state index in [1.165, 1.54) is 0 Å². The van der Waals surface area contributed by atoms with E-state index in [-0.39, 0.29) is 11.9 Å². The van der Waals surface area contributed by atoms with Crippen molar-refractivity contribution >= 4 is 17.2 Å². The van der Waals surface area contributed by atoms with Crippen LogP contribution in [0.15, 0.2) is 35.7 Å². The molecule has 6 nitrogen and oxygen atoms in total. The molecular weight excluding hydrogens is 350 g/mol. The van der Waals surface area contributed by atoms with E-state index in [4.69, 9.17) is 9.47 Å². The molecule has 1 aromatic heterocycles. The third-order valence-corrected chi connectivity index (χ3v) is 5.46. The van der Waals surface area contributed by atoms with Crippen molar-refractivity contribution < 1.29 is 14.3 Å². The van der Waals surface area contributed by atoms with Crippen LogP contribution in [0.3, 0.4) is 0 Å². The van der Waals surface area contributed by atoms with Gasteiger partial charge in [0.2, 0.25) is 0 Å². The minimum atomic E-state index is -0.242. The van der Waals surface area contributed by atoms with Crippen molar-refractivity contribution in [3.63, 3.8) is 0 Å². The van der Waals surface area contributed by atoms with Crippen molar-refractivity contribution in [1.29, 1.82) is 5.26 Å². The third kappa shape index (κ3) is 3.66. The Kier molecular flexibility index (Phi) is 5.76. The van der Waals surface area contributed by atoms with Gasteiger partial charge in [-0.2, -0.15) is 5.26 Å². The monoisotopic (exact) mass is 371 g/mol. The summed E-state index contributed by atoms with van der Waals surface area (Å²) in [6, 6.07) is 11.3. The Balaban J connectivity index is 1.66. The summed E-state index contributed by atoms with van der Waals surface area (Å²) in [6.45, 7) is 2.54. The van der Waals surface area contributed by atoms with Crippen LogP contribution >= 0.6 is 11.3 Å². The molecule has 1 aromatic carbocycles. The first kappa shape index (κ1) is 18.2. The number of nitrogens with zero attached hydrogens (tertiary/aromatic N) is 3. The van der Waals surface area contributed by atoms with Crippen LogP contribution in [0, 0.1) is 11.3 Å². The summed E-state index contributed by atoms with van der Waals surface area (Å²) in [5.74, 6) is 1.11. The Bertz CT molecular complexity index is 793. The SMILES string of the molecule is COc1ccc(C(=O)N2CCN(C(C#N)c3cccs3)CC2)cc1OC. The maximum Gasteiger partial charge on any atom is 0.254 e. The predicted octanol–water partition coefficient (Wildman–Crippen LogP) is 2.79. The van der Waals surface area contributed by atoms with Crippen molar-refractivity contribution in [1.82, 2.24) is 9.80 Å². The summed E-state index contributed by atoms with van der Waals surface area (Å²) in [5.41, 5.74) is 0.575. The fourth-order valence-electron chi connectivity index (χ4n) is 3.11. The van der Waals surface area contributed by atoms with Gasteiger partial charge in [0.1, 0.15) is 6.04 Å². The van der Waals surface area contributed by atoms with Crippen molar-refractivity contribution in [2.75, 3.05) is 40.4 Å². The van der Waals surface area contributed by atoms with Gasteiger partial charge in [-0.05, 0) is 29.6 Å². The van der Waals surface area contributed by atoms with Gasteiger partial charge in [0.05, 0.1) is 20.3 Å². The summed E-state index contributed by atoms with van der Waals surface area (Å²) in [5, 5.41) is 11.5. The molecule has 136 valence electrons. The highest BCUT2D eigenvalue weighted by Gasteiger charge is 2.28. The quantitative estimate of drug-likeness (QED) is 0.809. The molecule has 1 unspecified atom stereocenters. The second kappa shape index (κ2) is 8.21. The van der Waals surface area contributed by atoms with Gasteiger partial charge in [-0.1, -0.05) is 6.07 Å². The molecule has 3 rings (SSSR count).